The molecule has 1 aromatic heterocycles. The van der Waals surface area contributed by atoms with Crippen molar-refractivity contribution in [1.82, 2.24) is 15.6 Å². The van der Waals surface area contributed by atoms with Crippen LogP contribution in [-0.4, -0.2) is 37.1 Å². The lowest BCUT2D eigenvalue weighted by atomic mass is 10.1. The predicted molar refractivity (Wildman–Crippen MR) is 125 cm³/mol. The Hall–Kier alpha value is -4.07. The summed E-state index contributed by atoms with van der Waals surface area (Å²) in [5, 5.41) is 5.72. The molecule has 8 heteroatoms. The number of carbonyl (C=O) groups is 2. The van der Waals surface area contributed by atoms with Crippen molar-refractivity contribution in [3.8, 4) is 11.5 Å². The van der Waals surface area contributed by atoms with Crippen LogP contribution in [0.1, 0.15) is 27.0 Å². The van der Waals surface area contributed by atoms with Gasteiger partial charge < -0.3 is 20.1 Å². The summed E-state index contributed by atoms with van der Waals surface area (Å²) < 4.78 is 11.3. The van der Waals surface area contributed by atoms with Crippen molar-refractivity contribution in [2.24, 2.45) is 0 Å². The van der Waals surface area contributed by atoms with Crippen LogP contribution in [0.5, 0.6) is 11.5 Å². The highest BCUT2D eigenvalue weighted by Crippen LogP contribution is 2.29. The molecule has 8 nitrogen and oxygen atoms in total. The number of benzene rings is 2. The number of nitrogens with one attached hydrogen (secondary N) is 2. The molecule has 1 saturated heterocycles. The SMILES string of the molecule is COc1cc(CNC(=O)c2ccc(N3CCNC3=O)c(C)c2)ccc1OCc1ccncc1. The number of carbonyl (C=O) groups excluding carboxylic acids is 2. The minimum Gasteiger partial charge on any atom is -0.493 e. The maximum absolute atomic E-state index is 12.7. The summed E-state index contributed by atoms with van der Waals surface area (Å²) in [6, 6.07) is 14.6. The van der Waals surface area contributed by atoms with Crippen LogP contribution in [0.15, 0.2) is 60.9 Å². The molecular weight excluding hydrogens is 420 g/mol. The van der Waals surface area contributed by atoms with E-state index in [2.05, 4.69) is 15.6 Å². The number of urea groups is 1. The normalized spacial score (nSPS) is 12.9. The van der Waals surface area contributed by atoms with E-state index < -0.39 is 0 Å². The Kier molecular flexibility index (Phi) is 6.73. The molecule has 0 aliphatic carbocycles. The van der Waals surface area contributed by atoms with Crippen molar-refractivity contribution in [1.29, 1.82) is 0 Å². The molecule has 0 bridgehead atoms. The van der Waals surface area contributed by atoms with Crippen LogP contribution in [-0.2, 0) is 13.2 Å². The highest BCUT2D eigenvalue weighted by molar-refractivity contribution is 5.97. The number of rotatable bonds is 8. The molecule has 2 heterocycles. The van der Waals surface area contributed by atoms with Crippen molar-refractivity contribution >= 4 is 17.6 Å². The first-order valence-corrected chi connectivity index (χ1v) is 10.7. The van der Waals surface area contributed by atoms with Crippen LogP contribution in [0.25, 0.3) is 0 Å². The molecule has 2 N–H and O–H groups in total. The van der Waals surface area contributed by atoms with E-state index in [1.807, 2.05) is 43.3 Å². The van der Waals surface area contributed by atoms with E-state index >= 15 is 0 Å². The zero-order chi connectivity index (χ0) is 23.2. The third kappa shape index (κ3) is 5.23. The van der Waals surface area contributed by atoms with E-state index in [1.54, 1.807) is 36.5 Å². The number of methoxy groups -OCH3 is 1. The van der Waals surface area contributed by atoms with Crippen LogP contribution < -0.4 is 25.0 Å². The Labute approximate surface area is 192 Å². The molecule has 0 saturated carbocycles. The Bertz CT molecular complexity index is 1150. The van der Waals surface area contributed by atoms with Crippen molar-refractivity contribution in [3.05, 3.63) is 83.2 Å². The molecule has 3 aromatic rings. The monoisotopic (exact) mass is 446 g/mol. The minimum absolute atomic E-state index is 0.113. The van der Waals surface area contributed by atoms with Gasteiger partial charge in [0.15, 0.2) is 11.5 Å². The van der Waals surface area contributed by atoms with Gasteiger partial charge in [-0.15, -0.1) is 0 Å². The van der Waals surface area contributed by atoms with Gasteiger partial charge in [0.2, 0.25) is 0 Å². The fraction of sp³-hybridized carbons (Fsp3) is 0.240. The fourth-order valence-corrected chi connectivity index (χ4v) is 3.67. The number of hydrogen-bond acceptors (Lipinski definition) is 5. The molecule has 0 radical (unpaired) electrons. The number of amides is 3. The molecule has 1 aliphatic heterocycles. The number of aryl methyl sites for hydroxylation is 1. The van der Waals surface area contributed by atoms with Gasteiger partial charge in [-0.05, 0) is 66.1 Å². The summed E-state index contributed by atoms with van der Waals surface area (Å²) in [6.07, 6.45) is 3.44. The third-order valence-electron chi connectivity index (χ3n) is 5.43. The Morgan fingerprint density at radius 1 is 1.09 bits per heavy atom. The zero-order valence-electron chi connectivity index (χ0n) is 18.6. The zero-order valence-corrected chi connectivity index (χ0v) is 18.6. The van der Waals surface area contributed by atoms with E-state index in [9.17, 15) is 9.59 Å². The summed E-state index contributed by atoms with van der Waals surface area (Å²) in [7, 11) is 1.59. The van der Waals surface area contributed by atoms with Gasteiger partial charge in [-0.2, -0.15) is 0 Å². The van der Waals surface area contributed by atoms with Crippen molar-refractivity contribution < 1.29 is 19.1 Å². The summed E-state index contributed by atoms with van der Waals surface area (Å²) in [5.41, 5.74) is 4.12. The lowest BCUT2D eigenvalue weighted by molar-refractivity contribution is 0.0950. The predicted octanol–water partition coefficient (Wildman–Crippen LogP) is 3.44. The molecule has 33 heavy (non-hydrogen) atoms. The second-order valence-electron chi connectivity index (χ2n) is 7.70. The third-order valence-corrected chi connectivity index (χ3v) is 5.43. The molecule has 0 spiro atoms. The smallest absolute Gasteiger partial charge is 0.322 e. The quantitative estimate of drug-likeness (QED) is 0.553. The maximum Gasteiger partial charge on any atom is 0.322 e. The molecular formula is C25H26N4O4. The molecule has 2 aromatic carbocycles. The summed E-state index contributed by atoms with van der Waals surface area (Å²) in [5.74, 6) is 1.04. The molecule has 0 atom stereocenters. The first kappa shape index (κ1) is 22.1. The Morgan fingerprint density at radius 3 is 2.61 bits per heavy atom. The minimum atomic E-state index is -0.187. The van der Waals surface area contributed by atoms with Gasteiger partial charge in [0.1, 0.15) is 6.61 Å². The van der Waals surface area contributed by atoms with Crippen LogP contribution in [0.2, 0.25) is 0 Å². The first-order chi connectivity index (χ1) is 16.0. The lowest BCUT2D eigenvalue weighted by Gasteiger charge is -2.17. The Morgan fingerprint density at radius 2 is 1.91 bits per heavy atom. The van der Waals surface area contributed by atoms with Crippen molar-refractivity contribution in [2.75, 3.05) is 25.1 Å². The van der Waals surface area contributed by atoms with Gasteiger partial charge in [0.05, 0.1) is 7.11 Å². The van der Waals surface area contributed by atoms with Crippen molar-refractivity contribution in [3.63, 3.8) is 0 Å². The van der Waals surface area contributed by atoms with Crippen LogP contribution in [0.3, 0.4) is 0 Å². The average molecular weight is 447 g/mol. The summed E-state index contributed by atoms with van der Waals surface area (Å²) in [4.78, 5) is 30.3. The number of ether oxygens (including phenoxy) is 2. The van der Waals surface area contributed by atoms with E-state index in [0.717, 1.165) is 22.4 Å². The fourth-order valence-electron chi connectivity index (χ4n) is 3.67. The van der Waals surface area contributed by atoms with Gasteiger partial charge in [0.25, 0.3) is 5.91 Å². The van der Waals surface area contributed by atoms with Crippen LogP contribution in [0.4, 0.5) is 10.5 Å². The van der Waals surface area contributed by atoms with E-state index in [4.69, 9.17) is 9.47 Å². The molecule has 1 fully saturated rings. The van der Waals surface area contributed by atoms with Crippen LogP contribution in [0, 0.1) is 6.92 Å². The maximum atomic E-state index is 12.7. The number of hydrogen-bond donors (Lipinski definition) is 2. The number of anilines is 1. The first-order valence-electron chi connectivity index (χ1n) is 10.7. The highest BCUT2D eigenvalue weighted by atomic mass is 16.5. The number of aromatic nitrogens is 1. The van der Waals surface area contributed by atoms with E-state index in [-0.39, 0.29) is 11.9 Å². The van der Waals surface area contributed by atoms with E-state index in [1.165, 1.54) is 0 Å². The second-order valence-corrected chi connectivity index (χ2v) is 7.70. The average Bonchev–Trinajstić information content (AvgIpc) is 3.27. The van der Waals surface area contributed by atoms with Crippen LogP contribution >= 0.6 is 0 Å². The molecule has 170 valence electrons. The topological polar surface area (TPSA) is 92.8 Å². The molecule has 0 unspecified atom stereocenters. The van der Waals surface area contributed by atoms with Gasteiger partial charge >= 0.3 is 6.03 Å². The standard InChI is InChI=1S/C25H26N4O4/c1-17-13-20(4-5-21(17)29-12-11-27-25(29)31)24(30)28-15-19-3-6-22(23(14-19)32-2)33-16-18-7-9-26-10-8-18/h3-10,13-14H,11-12,15-16H2,1-2H3,(H,27,31)(H,28,30). The molecule has 3 amide bonds. The number of pyridine rings is 1. The lowest BCUT2D eigenvalue weighted by Crippen LogP contribution is -2.28. The molecule has 4 rings (SSSR count). The van der Waals surface area contributed by atoms with Gasteiger partial charge in [-0.25, -0.2) is 4.79 Å². The summed E-state index contributed by atoms with van der Waals surface area (Å²) in [6.45, 7) is 3.89. The largest absolute Gasteiger partial charge is 0.493 e. The van der Waals surface area contributed by atoms with Gasteiger partial charge in [-0.3, -0.25) is 14.7 Å². The van der Waals surface area contributed by atoms with Gasteiger partial charge in [-0.1, -0.05) is 6.07 Å². The van der Waals surface area contributed by atoms with E-state index in [0.29, 0.717) is 43.3 Å². The summed E-state index contributed by atoms with van der Waals surface area (Å²) >= 11 is 0. The molecule has 1 aliphatic rings. The number of nitrogens with zero attached hydrogens (tertiary/aromatic N) is 2. The highest BCUT2D eigenvalue weighted by Gasteiger charge is 2.23. The second kappa shape index (κ2) is 10.0. The van der Waals surface area contributed by atoms with Crippen molar-refractivity contribution in [2.45, 2.75) is 20.1 Å². The Balaban J connectivity index is 1.37. The van der Waals surface area contributed by atoms with Gasteiger partial charge in [0, 0.05) is 43.3 Å².